The van der Waals surface area contributed by atoms with Crippen molar-refractivity contribution in [3.8, 4) is 0 Å². The molecule has 25 heavy (non-hydrogen) atoms. The predicted molar refractivity (Wildman–Crippen MR) is 91.3 cm³/mol. The van der Waals surface area contributed by atoms with E-state index >= 15 is 0 Å². The maximum Gasteiger partial charge on any atom is 0.337 e. The van der Waals surface area contributed by atoms with Gasteiger partial charge in [-0.25, -0.2) is 9.48 Å². The first-order valence-electron chi connectivity index (χ1n) is 7.59. The second-order valence-electron chi connectivity index (χ2n) is 5.31. The number of benzene rings is 2. The highest BCUT2D eigenvalue weighted by atomic mass is 16.5. The van der Waals surface area contributed by atoms with E-state index in [1.807, 2.05) is 30.3 Å². The standard InChI is InChI=1S/C18H16N4O3/c1-25-18(24)14-7-9-15(10-8-14)19-17(23)16-12-22(21-20-16)11-13-5-3-2-4-6-13/h2-10,12H,11H2,1H3,(H,19,23). The minimum absolute atomic E-state index is 0.216. The fraction of sp³-hybridized carbons (Fsp3) is 0.111. The van der Waals surface area contributed by atoms with Crippen LogP contribution in [0.4, 0.5) is 5.69 Å². The van der Waals surface area contributed by atoms with Crippen LogP contribution in [-0.4, -0.2) is 34.0 Å². The van der Waals surface area contributed by atoms with E-state index in [-0.39, 0.29) is 11.6 Å². The second kappa shape index (κ2) is 7.39. The topological polar surface area (TPSA) is 86.1 Å². The van der Waals surface area contributed by atoms with Crippen LogP contribution in [0, 0.1) is 0 Å². The molecule has 0 spiro atoms. The van der Waals surface area contributed by atoms with Gasteiger partial charge in [-0.3, -0.25) is 4.79 Å². The smallest absolute Gasteiger partial charge is 0.337 e. The summed E-state index contributed by atoms with van der Waals surface area (Å²) in [6, 6.07) is 16.2. The molecule has 0 radical (unpaired) electrons. The molecule has 0 aliphatic rings. The van der Waals surface area contributed by atoms with Crippen molar-refractivity contribution in [3.63, 3.8) is 0 Å². The average Bonchev–Trinajstić information content (AvgIpc) is 3.11. The zero-order valence-electron chi connectivity index (χ0n) is 13.5. The highest BCUT2D eigenvalue weighted by Crippen LogP contribution is 2.12. The van der Waals surface area contributed by atoms with Gasteiger partial charge in [-0.15, -0.1) is 5.10 Å². The number of ether oxygens (including phenoxy) is 1. The first kappa shape index (κ1) is 16.4. The Morgan fingerprint density at radius 1 is 1.08 bits per heavy atom. The van der Waals surface area contributed by atoms with Crippen molar-refractivity contribution in [2.24, 2.45) is 0 Å². The van der Waals surface area contributed by atoms with Crippen LogP contribution in [0.15, 0.2) is 60.8 Å². The number of carbonyl (C=O) groups excluding carboxylic acids is 2. The number of aromatic nitrogens is 3. The normalized spacial score (nSPS) is 10.3. The van der Waals surface area contributed by atoms with Gasteiger partial charge in [-0.1, -0.05) is 35.5 Å². The van der Waals surface area contributed by atoms with Crippen molar-refractivity contribution in [2.75, 3.05) is 12.4 Å². The van der Waals surface area contributed by atoms with E-state index in [1.165, 1.54) is 7.11 Å². The largest absolute Gasteiger partial charge is 0.465 e. The molecule has 1 aromatic heterocycles. The van der Waals surface area contributed by atoms with Crippen molar-refractivity contribution >= 4 is 17.6 Å². The number of hydrogen-bond donors (Lipinski definition) is 1. The van der Waals surface area contributed by atoms with E-state index in [9.17, 15) is 9.59 Å². The third-order valence-electron chi connectivity index (χ3n) is 3.52. The van der Waals surface area contributed by atoms with Crippen LogP contribution >= 0.6 is 0 Å². The highest BCUT2D eigenvalue weighted by molar-refractivity contribution is 6.02. The molecule has 0 saturated heterocycles. The van der Waals surface area contributed by atoms with Gasteiger partial charge in [0.25, 0.3) is 5.91 Å². The van der Waals surface area contributed by atoms with Gasteiger partial charge in [0.2, 0.25) is 0 Å². The summed E-state index contributed by atoms with van der Waals surface area (Å²) in [6.07, 6.45) is 1.59. The highest BCUT2D eigenvalue weighted by Gasteiger charge is 2.12. The van der Waals surface area contributed by atoms with Gasteiger partial charge in [-0.2, -0.15) is 0 Å². The third kappa shape index (κ3) is 4.08. The number of methoxy groups -OCH3 is 1. The molecule has 1 heterocycles. The van der Waals surface area contributed by atoms with Crippen molar-refractivity contribution in [3.05, 3.63) is 77.6 Å². The van der Waals surface area contributed by atoms with E-state index in [1.54, 1.807) is 35.1 Å². The lowest BCUT2D eigenvalue weighted by Gasteiger charge is -2.04. The minimum atomic E-state index is -0.429. The Labute approximate surface area is 144 Å². The van der Waals surface area contributed by atoms with Gasteiger partial charge in [-0.05, 0) is 29.8 Å². The van der Waals surface area contributed by atoms with Crippen LogP contribution in [0.3, 0.4) is 0 Å². The van der Waals surface area contributed by atoms with Crippen LogP contribution in [0.1, 0.15) is 26.4 Å². The Morgan fingerprint density at radius 3 is 2.48 bits per heavy atom. The van der Waals surface area contributed by atoms with Gasteiger partial charge in [0.1, 0.15) is 0 Å². The van der Waals surface area contributed by atoms with Crippen molar-refractivity contribution in [1.82, 2.24) is 15.0 Å². The molecule has 1 amide bonds. The van der Waals surface area contributed by atoms with E-state index in [0.717, 1.165) is 5.56 Å². The van der Waals surface area contributed by atoms with Gasteiger partial charge >= 0.3 is 5.97 Å². The Morgan fingerprint density at radius 2 is 1.80 bits per heavy atom. The predicted octanol–water partition coefficient (Wildman–Crippen LogP) is 2.37. The van der Waals surface area contributed by atoms with Gasteiger partial charge in [0, 0.05) is 5.69 Å². The first-order chi connectivity index (χ1) is 12.2. The fourth-order valence-electron chi connectivity index (χ4n) is 2.25. The van der Waals surface area contributed by atoms with E-state index < -0.39 is 5.97 Å². The summed E-state index contributed by atoms with van der Waals surface area (Å²) < 4.78 is 6.23. The Bertz CT molecular complexity index is 873. The first-order valence-corrected chi connectivity index (χ1v) is 7.59. The SMILES string of the molecule is COC(=O)c1ccc(NC(=O)c2cn(Cc3ccccc3)nn2)cc1. The lowest BCUT2D eigenvalue weighted by atomic mass is 10.2. The quantitative estimate of drug-likeness (QED) is 0.723. The average molecular weight is 336 g/mol. The fourth-order valence-corrected chi connectivity index (χ4v) is 2.25. The molecule has 2 aromatic carbocycles. The summed E-state index contributed by atoms with van der Waals surface area (Å²) in [5.74, 6) is -0.799. The maximum atomic E-state index is 12.2. The van der Waals surface area contributed by atoms with Crippen molar-refractivity contribution in [2.45, 2.75) is 6.54 Å². The molecule has 3 rings (SSSR count). The van der Waals surface area contributed by atoms with E-state index in [4.69, 9.17) is 0 Å². The lowest BCUT2D eigenvalue weighted by molar-refractivity contribution is 0.0600. The zero-order valence-corrected chi connectivity index (χ0v) is 13.5. The number of amides is 1. The number of nitrogens with one attached hydrogen (secondary N) is 1. The number of rotatable bonds is 5. The molecule has 3 aromatic rings. The number of esters is 1. The van der Waals surface area contributed by atoms with Gasteiger partial charge in [0.05, 0.1) is 25.4 Å². The molecule has 0 saturated carbocycles. The molecule has 0 unspecified atom stereocenters. The van der Waals surface area contributed by atoms with Crippen LogP contribution < -0.4 is 5.32 Å². The molecule has 0 aliphatic carbocycles. The molecule has 0 bridgehead atoms. The molecular weight excluding hydrogens is 320 g/mol. The molecular formula is C18H16N4O3. The number of nitrogens with zero attached hydrogens (tertiary/aromatic N) is 3. The number of anilines is 1. The monoisotopic (exact) mass is 336 g/mol. The Balaban J connectivity index is 1.64. The maximum absolute atomic E-state index is 12.2. The van der Waals surface area contributed by atoms with E-state index in [2.05, 4.69) is 20.4 Å². The molecule has 0 atom stereocenters. The summed E-state index contributed by atoms with van der Waals surface area (Å²) in [4.78, 5) is 23.6. The summed E-state index contributed by atoms with van der Waals surface area (Å²) in [5.41, 5.74) is 2.25. The number of hydrogen-bond acceptors (Lipinski definition) is 5. The molecule has 7 heteroatoms. The summed E-state index contributed by atoms with van der Waals surface area (Å²) >= 11 is 0. The second-order valence-corrected chi connectivity index (χ2v) is 5.31. The lowest BCUT2D eigenvalue weighted by Crippen LogP contribution is -2.12. The Hall–Kier alpha value is -3.48. The molecule has 0 fully saturated rings. The van der Waals surface area contributed by atoms with Crippen LogP contribution in [0.5, 0.6) is 0 Å². The zero-order chi connectivity index (χ0) is 17.6. The molecule has 0 aliphatic heterocycles. The van der Waals surface area contributed by atoms with Crippen molar-refractivity contribution in [1.29, 1.82) is 0 Å². The molecule has 7 nitrogen and oxygen atoms in total. The third-order valence-corrected chi connectivity index (χ3v) is 3.52. The van der Waals surface area contributed by atoms with Gasteiger partial charge < -0.3 is 10.1 Å². The summed E-state index contributed by atoms with van der Waals surface area (Å²) in [7, 11) is 1.32. The van der Waals surface area contributed by atoms with Crippen LogP contribution in [0.25, 0.3) is 0 Å². The summed E-state index contributed by atoms with van der Waals surface area (Å²) in [5, 5.41) is 10.6. The van der Waals surface area contributed by atoms with Gasteiger partial charge in [0.15, 0.2) is 5.69 Å². The van der Waals surface area contributed by atoms with Crippen LogP contribution in [-0.2, 0) is 11.3 Å². The number of carbonyl (C=O) groups is 2. The van der Waals surface area contributed by atoms with E-state index in [0.29, 0.717) is 17.8 Å². The molecule has 126 valence electrons. The van der Waals surface area contributed by atoms with Crippen molar-refractivity contribution < 1.29 is 14.3 Å². The molecule has 1 N–H and O–H groups in total. The summed E-state index contributed by atoms with van der Waals surface area (Å²) in [6.45, 7) is 0.537. The minimum Gasteiger partial charge on any atom is -0.465 e. The van der Waals surface area contributed by atoms with Crippen LogP contribution in [0.2, 0.25) is 0 Å². The Kier molecular flexibility index (Phi) is 4.84.